The summed E-state index contributed by atoms with van der Waals surface area (Å²) < 4.78 is 5.17. The molecule has 1 heterocycles. The van der Waals surface area contributed by atoms with Gasteiger partial charge in [0.1, 0.15) is 0 Å². The summed E-state index contributed by atoms with van der Waals surface area (Å²) in [6.07, 6.45) is 14.2. The second kappa shape index (κ2) is 3.90. The van der Waals surface area contributed by atoms with Crippen LogP contribution in [-0.4, -0.2) is 0 Å². The highest BCUT2D eigenvalue weighted by Crippen LogP contribution is 2.57. The maximum Gasteiger partial charge on any atom is 0.0934 e. The second-order valence-electron chi connectivity index (χ2n) is 6.76. The van der Waals surface area contributed by atoms with Gasteiger partial charge in [0.25, 0.3) is 0 Å². The molecule has 1 aromatic rings. The summed E-state index contributed by atoms with van der Waals surface area (Å²) in [5.41, 5.74) is 1.40. The zero-order valence-electron chi connectivity index (χ0n) is 10.5. The summed E-state index contributed by atoms with van der Waals surface area (Å²) in [6.45, 7) is 0. The lowest BCUT2D eigenvalue weighted by atomic mass is 9.51. The Morgan fingerprint density at radius 2 is 1.71 bits per heavy atom. The van der Waals surface area contributed by atoms with Gasteiger partial charge in [-0.1, -0.05) is 0 Å². The highest BCUT2D eigenvalue weighted by atomic mass is 16.3. The minimum Gasteiger partial charge on any atom is -0.472 e. The summed E-state index contributed by atoms with van der Waals surface area (Å²) in [5, 5.41) is 0. The van der Waals surface area contributed by atoms with Crippen LogP contribution in [0, 0.1) is 29.6 Å². The van der Waals surface area contributed by atoms with Crippen LogP contribution in [-0.2, 0) is 6.42 Å². The Morgan fingerprint density at radius 1 is 1.00 bits per heavy atom. The van der Waals surface area contributed by atoms with Crippen molar-refractivity contribution in [2.24, 2.45) is 29.6 Å². The van der Waals surface area contributed by atoms with Gasteiger partial charge < -0.3 is 4.42 Å². The first-order chi connectivity index (χ1) is 8.38. The molecule has 17 heavy (non-hydrogen) atoms. The van der Waals surface area contributed by atoms with E-state index in [2.05, 4.69) is 6.07 Å². The summed E-state index contributed by atoms with van der Waals surface area (Å²) in [6, 6.07) is 2.13. The van der Waals surface area contributed by atoms with Gasteiger partial charge in [-0.15, -0.1) is 0 Å². The maximum absolute atomic E-state index is 5.17. The van der Waals surface area contributed by atoms with Gasteiger partial charge in [-0.25, -0.2) is 0 Å². The van der Waals surface area contributed by atoms with Crippen LogP contribution in [0.25, 0.3) is 0 Å². The smallest absolute Gasteiger partial charge is 0.0934 e. The van der Waals surface area contributed by atoms with Crippen LogP contribution in [0.15, 0.2) is 23.0 Å². The lowest BCUT2D eigenvalue weighted by Gasteiger charge is -2.54. The van der Waals surface area contributed by atoms with Crippen molar-refractivity contribution in [1.29, 1.82) is 0 Å². The quantitative estimate of drug-likeness (QED) is 0.755. The molecule has 4 bridgehead atoms. The van der Waals surface area contributed by atoms with Crippen LogP contribution in [0.5, 0.6) is 0 Å². The third-order valence-corrected chi connectivity index (χ3v) is 5.77. The van der Waals surface area contributed by atoms with Crippen molar-refractivity contribution < 1.29 is 4.42 Å². The Balaban J connectivity index is 1.44. The third-order valence-electron chi connectivity index (χ3n) is 5.77. The van der Waals surface area contributed by atoms with E-state index in [1.165, 1.54) is 18.4 Å². The molecular formula is C16H22O. The maximum atomic E-state index is 5.17. The van der Waals surface area contributed by atoms with E-state index in [1.54, 1.807) is 32.1 Å². The predicted molar refractivity (Wildman–Crippen MR) is 67.6 cm³/mol. The fourth-order valence-corrected chi connectivity index (χ4v) is 5.28. The first kappa shape index (κ1) is 10.2. The SMILES string of the molecule is c1cc(CCC2C3CC4CC(C3)CC2C4)co1. The predicted octanol–water partition coefficient (Wildman–Crippen LogP) is 4.28. The van der Waals surface area contributed by atoms with E-state index >= 15 is 0 Å². The molecule has 1 nitrogen and oxygen atoms in total. The van der Waals surface area contributed by atoms with Gasteiger partial charge >= 0.3 is 0 Å². The molecule has 4 fully saturated rings. The Bertz CT molecular complexity index is 350. The monoisotopic (exact) mass is 230 g/mol. The first-order valence-corrected chi connectivity index (χ1v) is 7.39. The lowest BCUT2D eigenvalue weighted by molar-refractivity contribution is -0.0394. The van der Waals surface area contributed by atoms with E-state index in [0.717, 1.165) is 29.6 Å². The molecule has 1 aromatic heterocycles. The Hall–Kier alpha value is -0.720. The molecule has 92 valence electrons. The van der Waals surface area contributed by atoms with Gasteiger partial charge in [-0.3, -0.25) is 0 Å². The summed E-state index contributed by atoms with van der Waals surface area (Å²) in [4.78, 5) is 0. The van der Waals surface area contributed by atoms with Gasteiger partial charge in [0.15, 0.2) is 0 Å². The van der Waals surface area contributed by atoms with E-state index in [-0.39, 0.29) is 0 Å². The van der Waals surface area contributed by atoms with E-state index in [4.69, 9.17) is 4.42 Å². The summed E-state index contributed by atoms with van der Waals surface area (Å²) >= 11 is 0. The van der Waals surface area contributed by atoms with Gasteiger partial charge in [0, 0.05) is 0 Å². The highest BCUT2D eigenvalue weighted by Gasteiger charge is 2.47. The topological polar surface area (TPSA) is 13.1 Å². The number of aryl methyl sites for hydroxylation is 1. The minimum absolute atomic E-state index is 1.04. The molecular weight excluding hydrogens is 208 g/mol. The number of rotatable bonds is 3. The van der Waals surface area contributed by atoms with Crippen molar-refractivity contribution in [3.05, 3.63) is 24.2 Å². The minimum atomic E-state index is 1.04. The van der Waals surface area contributed by atoms with Gasteiger partial charge in [-0.2, -0.15) is 0 Å². The van der Waals surface area contributed by atoms with Crippen molar-refractivity contribution in [2.45, 2.75) is 44.9 Å². The molecule has 1 heteroatoms. The van der Waals surface area contributed by atoms with Crippen molar-refractivity contribution in [1.82, 2.24) is 0 Å². The third kappa shape index (κ3) is 1.75. The van der Waals surface area contributed by atoms with E-state index < -0.39 is 0 Å². The molecule has 0 unspecified atom stereocenters. The largest absolute Gasteiger partial charge is 0.472 e. The second-order valence-corrected chi connectivity index (χ2v) is 6.76. The Labute approximate surface area is 104 Å². The summed E-state index contributed by atoms with van der Waals surface area (Å²) in [7, 11) is 0. The van der Waals surface area contributed by atoms with Crippen molar-refractivity contribution in [2.75, 3.05) is 0 Å². The molecule has 0 N–H and O–H groups in total. The normalized spacial score (nSPS) is 43.2. The number of hydrogen-bond acceptors (Lipinski definition) is 1. The van der Waals surface area contributed by atoms with E-state index in [0.29, 0.717) is 0 Å². The molecule has 0 radical (unpaired) electrons. The molecule has 0 saturated heterocycles. The molecule has 4 aliphatic rings. The fraction of sp³-hybridized carbons (Fsp3) is 0.750. The molecule has 4 saturated carbocycles. The van der Waals surface area contributed by atoms with Crippen LogP contribution in [0.3, 0.4) is 0 Å². The molecule has 0 amide bonds. The van der Waals surface area contributed by atoms with Gasteiger partial charge in [0.2, 0.25) is 0 Å². The molecule has 0 aromatic carbocycles. The molecule has 0 atom stereocenters. The van der Waals surface area contributed by atoms with Crippen molar-refractivity contribution in [3.63, 3.8) is 0 Å². The van der Waals surface area contributed by atoms with Crippen molar-refractivity contribution in [3.8, 4) is 0 Å². The summed E-state index contributed by atoms with van der Waals surface area (Å²) in [5.74, 6) is 5.43. The fourth-order valence-electron chi connectivity index (χ4n) is 5.28. The van der Waals surface area contributed by atoms with Crippen LogP contribution in [0.1, 0.15) is 44.1 Å². The standard InChI is InChI=1S/C16H22O/c1(11-3-4-17-10-11)2-16-14-6-12-5-13(8-14)9-15(16)7-12/h3-4,10,12-16H,1-2,5-9H2. The highest BCUT2D eigenvalue weighted by molar-refractivity contribution is 5.06. The van der Waals surface area contributed by atoms with Crippen LogP contribution < -0.4 is 0 Å². The molecule has 5 rings (SSSR count). The Kier molecular flexibility index (Phi) is 2.34. The average Bonchev–Trinajstić information content (AvgIpc) is 2.80. The number of furan rings is 1. The van der Waals surface area contributed by atoms with Gasteiger partial charge in [-0.05, 0) is 86.2 Å². The average molecular weight is 230 g/mol. The lowest BCUT2D eigenvalue weighted by Crippen LogP contribution is -2.45. The van der Waals surface area contributed by atoms with E-state index in [9.17, 15) is 0 Å². The molecule has 0 aliphatic heterocycles. The first-order valence-electron chi connectivity index (χ1n) is 7.39. The number of hydrogen-bond donors (Lipinski definition) is 0. The van der Waals surface area contributed by atoms with Crippen molar-refractivity contribution >= 4 is 0 Å². The van der Waals surface area contributed by atoms with Crippen LogP contribution >= 0.6 is 0 Å². The van der Waals surface area contributed by atoms with Crippen LogP contribution in [0.4, 0.5) is 0 Å². The molecule has 4 aliphatic carbocycles. The zero-order valence-corrected chi connectivity index (χ0v) is 10.5. The van der Waals surface area contributed by atoms with Gasteiger partial charge in [0.05, 0.1) is 12.5 Å². The Morgan fingerprint density at radius 3 is 2.29 bits per heavy atom. The van der Waals surface area contributed by atoms with Crippen LogP contribution in [0.2, 0.25) is 0 Å². The van der Waals surface area contributed by atoms with E-state index in [1.807, 2.05) is 12.5 Å². The zero-order chi connectivity index (χ0) is 11.2. The molecule has 0 spiro atoms.